The Morgan fingerprint density at radius 3 is 2.76 bits per heavy atom. The van der Waals surface area contributed by atoms with Gasteiger partial charge in [-0.1, -0.05) is 32.8 Å². The highest BCUT2D eigenvalue weighted by molar-refractivity contribution is 5.10. The number of hydrogen-bond acceptors (Lipinski definition) is 3. The van der Waals surface area contributed by atoms with Crippen LogP contribution >= 0.6 is 0 Å². The fraction of sp³-hybridized carbons (Fsp3) is 0.643. The first-order valence-corrected chi connectivity index (χ1v) is 6.60. The largest absolute Gasteiger partial charge is 0.375 e. The number of nitrogens with zero attached hydrogens (tertiary/aromatic N) is 1. The summed E-state index contributed by atoms with van der Waals surface area (Å²) in [6, 6.07) is 6.11. The highest BCUT2D eigenvalue weighted by Crippen LogP contribution is 2.02. The number of ether oxygens (including phenoxy) is 1. The quantitative estimate of drug-likeness (QED) is 0.669. The highest BCUT2D eigenvalue weighted by Gasteiger charge is 1.98. The third-order valence-electron chi connectivity index (χ3n) is 2.56. The van der Waals surface area contributed by atoms with Crippen molar-refractivity contribution in [3.8, 4) is 0 Å². The van der Waals surface area contributed by atoms with Crippen molar-refractivity contribution in [3.05, 3.63) is 29.6 Å². The number of unbranched alkanes of at least 4 members (excludes halogenated alkanes) is 2. The van der Waals surface area contributed by atoms with Crippen LogP contribution in [-0.2, 0) is 17.9 Å². The van der Waals surface area contributed by atoms with E-state index in [4.69, 9.17) is 4.74 Å². The summed E-state index contributed by atoms with van der Waals surface area (Å²) < 4.78 is 5.60. The molecule has 3 nitrogen and oxygen atoms in total. The molecule has 0 bridgehead atoms. The summed E-state index contributed by atoms with van der Waals surface area (Å²) in [4.78, 5) is 4.54. The summed E-state index contributed by atoms with van der Waals surface area (Å²) in [7, 11) is 0. The first-order valence-electron chi connectivity index (χ1n) is 6.60. The van der Waals surface area contributed by atoms with E-state index in [2.05, 4.69) is 24.1 Å². The average molecular weight is 236 g/mol. The van der Waals surface area contributed by atoms with E-state index in [1.807, 2.05) is 18.2 Å². The molecule has 0 unspecified atom stereocenters. The number of aromatic nitrogens is 1. The molecule has 0 aliphatic carbocycles. The van der Waals surface area contributed by atoms with E-state index in [1.54, 1.807) is 0 Å². The molecule has 0 saturated heterocycles. The van der Waals surface area contributed by atoms with Crippen LogP contribution in [0.1, 0.15) is 44.5 Å². The van der Waals surface area contributed by atoms with Gasteiger partial charge in [0.1, 0.15) is 0 Å². The standard InChI is InChI=1S/C14H24N2O/c1-3-5-6-10-17-12-14-9-7-8-13(16-14)11-15-4-2/h7-9,15H,3-6,10-12H2,1-2H3. The molecule has 1 heterocycles. The van der Waals surface area contributed by atoms with Crippen LogP contribution in [-0.4, -0.2) is 18.1 Å². The van der Waals surface area contributed by atoms with Crippen molar-refractivity contribution in [2.24, 2.45) is 0 Å². The maximum Gasteiger partial charge on any atom is 0.0887 e. The Labute approximate surface area is 105 Å². The Morgan fingerprint density at radius 1 is 1.18 bits per heavy atom. The number of hydrogen-bond donors (Lipinski definition) is 1. The lowest BCUT2D eigenvalue weighted by atomic mass is 10.3. The minimum atomic E-state index is 0.629. The molecule has 0 fully saturated rings. The molecular weight excluding hydrogens is 212 g/mol. The zero-order chi connectivity index (χ0) is 12.3. The van der Waals surface area contributed by atoms with Crippen molar-refractivity contribution in [2.75, 3.05) is 13.2 Å². The number of rotatable bonds is 9. The van der Waals surface area contributed by atoms with Crippen molar-refractivity contribution in [1.82, 2.24) is 10.3 Å². The summed E-state index contributed by atoms with van der Waals surface area (Å²) in [5.41, 5.74) is 2.11. The van der Waals surface area contributed by atoms with Crippen molar-refractivity contribution in [1.29, 1.82) is 0 Å². The zero-order valence-electron chi connectivity index (χ0n) is 11.0. The second-order valence-corrected chi connectivity index (χ2v) is 4.16. The molecule has 0 aliphatic rings. The van der Waals surface area contributed by atoms with Gasteiger partial charge >= 0.3 is 0 Å². The van der Waals surface area contributed by atoms with Crippen LogP contribution in [0.25, 0.3) is 0 Å². The summed E-state index contributed by atoms with van der Waals surface area (Å²) in [6.07, 6.45) is 3.63. The molecule has 1 rings (SSSR count). The Balaban J connectivity index is 2.27. The number of nitrogens with one attached hydrogen (secondary N) is 1. The van der Waals surface area contributed by atoms with E-state index in [-0.39, 0.29) is 0 Å². The zero-order valence-corrected chi connectivity index (χ0v) is 11.0. The first-order chi connectivity index (χ1) is 8.36. The molecule has 0 amide bonds. The fourth-order valence-corrected chi connectivity index (χ4v) is 1.59. The van der Waals surface area contributed by atoms with E-state index in [1.165, 1.54) is 12.8 Å². The molecule has 17 heavy (non-hydrogen) atoms. The van der Waals surface area contributed by atoms with Gasteiger partial charge in [0.15, 0.2) is 0 Å². The van der Waals surface area contributed by atoms with Crippen LogP contribution in [0.3, 0.4) is 0 Å². The van der Waals surface area contributed by atoms with Gasteiger partial charge in [-0.3, -0.25) is 4.98 Å². The molecular formula is C14H24N2O. The fourth-order valence-electron chi connectivity index (χ4n) is 1.59. The summed E-state index contributed by atoms with van der Waals surface area (Å²) >= 11 is 0. The van der Waals surface area contributed by atoms with E-state index in [0.29, 0.717) is 6.61 Å². The average Bonchev–Trinajstić information content (AvgIpc) is 2.37. The monoisotopic (exact) mass is 236 g/mol. The smallest absolute Gasteiger partial charge is 0.0887 e. The van der Waals surface area contributed by atoms with Crippen LogP contribution in [0.2, 0.25) is 0 Å². The van der Waals surface area contributed by atoms with Gasteiger partial charge in [0, 0.05) is 13.2 Å². The first kappa shape index (κ1) is 14.1. The minimum Gasteiger partial charge on any atom is -0.375 e. The molecule has 0 radical (unpaired) electrons. The Hall–Kier alpha value is -0.930. The highest BCUT2D eigenvalue weighted by atomic mass is 16.5. The predicted octanol–water partition coefficient (Wildman–Crippen LogP) is 2.90. The predicted molar refractivity (Wildman–Crippen MR) is 70.8 cm³/mol. The molecule has 0 spiro atoms. The van der Waals surface area contributed by atoms with Crippen LogP contribution in [0, 0.1) is 0 Å². The lowest BCUT2D eigenvalue weighted by Crippen LogP contribution is -2.13. The van der Waals surface area contributed by atoms with Crippen molar-refractivity contribution >= 4 is 0 Å². The van der Waals surface area contributed by atoms with Gasteiger partial charge in [0.2, 0.25) is 0 Å². The van der Waals surface area contributed by atoms with Gasteiger partial charge in [-0.05, 0) is 25.1 Å². The lowest BCUT2D eigenvalue weighted by molar-refractivity contribution is 0.114. The second-order valence-electron chi connectivity index (χ2n) is 4.16. The van der Waals surface area contributed by atoms with Crippen molar-refractivity contribution < 1.29 is 4.74 Å². The van der Waals surface area contributed by atoms with Gasteiger partial charge < -0.3 is 10.1 Å². The summed E-state index contributed by atoms with van der Waals surface area (Å²) in [5.74, 6) is 0. The van der Waals surface area contributed by atoms with E-state index < -0.39 is 0 Å². The topological polar surface area (TPSA) is 34.1 Å². The molecule has 0 atom stereocenters. The second kappa shape index (κ2) is 9.14. The maximum absolute atomic E-state index is 5.60. The van der Waals surface area contributed by atoms with Crippen LogP contribution < -0.4 is 5.32 Å². The molecule has 1 N–H and O–H groups in total. The molecule has 3 heteroatoms. The Kier molecular flexibility index (Phi) is 7.60. The summed E-state index contributed by atoms with van der Waals surface area (Å²) in [5, 5.41) is 3.27. The van der Waals surface area contributed by atoms with Crippen molar-refractivity contribution in [3.63, 3.8) is 0 Å². The van der Waals surface area contributed by atoms with Crippen molar-refractivity contribution in [2.45, 2.75) is 46.3 Å². The Bertz CT molecular complexity index is 302. The van der Waals surface area contributed by atoms with Gasteiger partial charge in [-0.25, -0.2) is 0 Å². The van der Waals surface area contributed by atoms with Crippen LogP contribution in [0.5, 0.6) is 0 Å². The van der Waals surface area contributed by atoms with Gasteiger partial charge in [-0.2, -0.15) is 0 Å². The molecule has 0 saturated carbocycles. The SMILES string of the molecule is CCCCCOCc1cccc(CNCC)n1. The molecule has 0 aliphatic heterocycles. The number of pyridine rings is 1. The molecule has 0 aromatic carbocycles. The maximum atomic E-state index is 5.60. The van der Waals surface area contributed by atoms with E-state index >= 15 is 0 Å². The van der Waals surface area contributed by atoms with E-state index in [9.17, 15) is 0 Å². The Morgan fingerprint density at radius 2 is 2.00 bits per heavy atom. The normalized spacial score (nSPS) is 10.7. The third-order valence-corrected chi connectivity index (χ3v) is 2.56. The van der Waals surface area contributed by atoms with E-state index in [0.717, 1.165) is 37.5 Å². The molecule has 1 aromatic heterocycles. The summed E-state index contributed by atoms with van der Waals surface area (Å²) in [6.45, 7) is 7.57. The van der Waals surface area contributed by atoms with Gasteiger partial charge in [0.05, 0.1) is 18.0 Å². The van der Waals surface area contributed by atoms with Crippen LogP contribution in [0.15, 0.2) is 18.2 Å². The molecule has 96 valence electrons. The van der Waals surface area contributed by atoms with Gasteiger partial charge in [-0.15, -0.1) is 0 Å². The lowest BCUT2D eigenvalue weighted by Gasteiger charge is -2.06. The minimum absolute atomic E-state index is 0.629. The third kappa shape index (κ3) is 6.39. The molecule has 1 aromatic rings. The van der Waals surface area contributed by atoms with Crippen LogP contribution in [0.4, 0.5) is 0 Å². The van der Waals surface area contributed by atoms with Gasteiger partial charge in [0.25, 0.3) is 0 Å².